The summed E-state index contributed by atoms with van der Waals surface area (Å²) in [7, 11) is 0. The first-order valence-corrected chi connectivity index (χ1v) is 6.48. The van der Waals surface area contributed by atoms with E-state index in [9.17, 15) is 9.18 Å². The van der Waals surface area contributed by atoms with Gasteiger partial charge in [-0.3, -0.25) is 0 Å². The maximum atomic E-state index is 12.9. The number of anilines is 1. The summed E-state index contributed by atoms with van der Waals surface area (Å²) < 4.78 is 18.3. The fourth-order valence-corrected chi connectivity index (χ4v) is 1.52. The standard InChI is InChI=1S/C13H18ClFN2O2/c1-9(2)19-7-3-6-16-13(18)17-10-4-5-12(15)11(14)8-10/h4-5,8-9H,3,6-7H2,1-2H3,(H2,16,17,18). The van der Waals surface area contributed by atoms with Gasteiger partial charge in [-0.1, -0.05) is 11.6 Å². The highest BCUT2D eigenvalue weighted by molar-refractivity contribution is 6.31. The molecule has 1 rings (SSSR count). The number of ether oxygens (including phenoxy) is 1. The number of benzene rings is 1. The quantitative estimate of drug-likeness (QED) is 0.788. The van der Waals surface area contributed by atoms with Crippen LogP contribution in [0.15, 0.2) is 18.2 Å². The first kappa shape index (κ1) is 15.7. The maximum absolute atomic E-state index is 12.9. The van der Waals surface area contributed by atoms with Gasteiger partial charge in [-0.15, -0.1) is 0 Å². The van der Waals surface area contributed by atoms with E-state index in [4.69, 9.17) is 16.3 Å². The minimum atomic E-state index is -0.515. The normalized spacial score (nSPS) is 10.6. The third kappa shape index (κ3) is 6.40. The summed E-state index contributed by atoms with van der Waals surface area (Å²) in [6, 6.07) is 3.65. The molecule has 0 spiro atoms. The van der Waals surface area contributed by atoms with Gasteiger partial charge in [-0.2, -0.15) is 0 Å². The van der Waals surface area contributed by atoms with Crippen LogP contribution in [0.4, 0.5) is 14.9 Å². The molecule has 2 amide bonds. The van der Waals surface area contributed by atoms with Gasteiger partial charge < -0.3 is 15.4 Å². The lowest BCUT2D eigenvalue weighted by molar-refractivity contribution is 0.0775. The van der Waals surface area contributed by atoms with Crippen molar-refractivity contribution in [2.75, 3.05) is 18.5 Å². The van der Waals surface area contributed by atoms with Crippen molar-refractivity contribution < 1.29 is 13.9 Å². The Hall–Kier alpha value is -1.33. The predicted molar refractivity (Wildman–Crippen MR) is 74.1 cm³/mol. The molecule has 0 unspecified atom stereocenters. The highest BCUT2D eigenvalue weighted by Gasteiger charge is 2.04. The van der Waals surface area contributed by atoms with Crippen molar-refractivity contribution in [1.29, 1.82) is 0 Å². The lowest BCUT2D eigenvalue weighted by atomic mass is 10.3. The molecule has 0 aromatic heterocycles. The van der Waals surface area contributed by atoms with E-state index in [2.05, 4.69) is 10.6 Å². The summed E-state index contributed by atoms with van der Waals surface area (Å²) in [5.41, 5.74) is 0.447. The van der Waals surface area contributed by atoms with E-state index in [0.717, 1.165) is 6.42 Å². The molecule has 0 bridgehead atoms. The second-order valence-electron chi connectivity index (χ2n) is 4.28. The highest BCUT2D eigenvalue weighted by atomic mass is 35.5. The van der Waals surface area contributed by atoms with E-state index in [1.54, 1.807) is 0 Å². The van der Waals surface area contributed by atoms with Gasteiger partial charge in [-0.05, 0) is 38.5 Å². The van der Waals surface area contributed by atoms with E-state index >= 15 is 0 Å². The Kier molecular flexibility index (Phi) is 6.59. The fraction of sp³-hybridized carbons (Fsp3) is 0.462. The monoisotopic (exact) mass is 288 g/mol. The highest BCUT2D eigenvalue weighted by Crippen LogP contribution is 2.19. The zero-order valence-electron chi connectivity index (χ0n) is 11.0. The van der Waals surface area contributed by atoms with Crippen LogP contribution in [0.1, 0.15) is 20.3 Å². The summed E-state index contributed by atoms with van der Waals surface area (Å²) in [5.74, 6) is -0.515. The van der Waals surface area contributed by atoms with Crippen LogP contribution in [-0.2, 0) is 4.74 Å². The Morgan fingerprint density at radius 3 is 2.84 bits per heavy atom. The third-order valence-corrected chi connectivity index (χ3v) is 2.52. The third-order valence-electron chi connectivity index (χ3n) is 2.24. The van der Waals surface area contributed by atoms with Crippen LogP contribution in [0.5, 0.6) is 0 Å². The largest absolute Gasteiger partial charge is 0.379 e. The number of nitrogens with one attached hydrogen (secondary N) is 2. The number of halogens is 2. The van der Waals surface area contributed by atoms with Crippen molar-refractivity contribution in [1.82, 2.24) is 5.32 Å². The molecule has 0 atom stereocenters. The molecule has 0 saturated carbocycles. The molecule has 1 aromatic carbocycles. The Morgan fingerprint density at radius 1 is 1.47 bits per heavy atom. The number of hydrogen-bond donors (Lipinski definition) is 2. The van der Waals surface area contributed by atoms with E-state index in [0.29, 0.717) is 18.8 Å². The molecule has 0 fully saturated rings. The summed E-state index contributed by atoms with van der Waals surface area (Å²) in [6.07, 6.45) is 0.922. The van der Waals surface area contributed by atoms with Gasteiger partial charge in [0.05, 0.1) is 11.1 Å². The van der Waals surface area contributed by atoms with Crippen molar-refractivity contribution in [2.45, 2.75) is 26.4 Å². The molecule has 19 heavy (non-hydrogen) atoms. The topological polar surface area (TPSA) is 50.4 Å². The summed E-state index contributed by atoms with van der Waals surface area (Å²) >= 11 is 5.61. The predicted octanol–water partition coefficient (Wildman–Crippen LogP) is 3.42. The number of urea groups is 1. The zero-order chi connectivity index (χ0) is 14.3. The Balaban J connectivity index is 2.25. The molecular formula is C13H18ClFN2O2. The van der Waals surface area contributed by atoms with Crippen molar-refractivity contribution >= 4 is 23.3 Å². The number of rotatable bonds is 6. The second-order valence-corrected chi connectivity index (χ2v) is 4.69. The Labute approximate surface area is 117 Å². The molecule has 106 valence electrons. The van der Waals surface area contributed by atoms with E-state index in [1.807, 2.05) is 13.8 Å². The van der Waals surface area contributed by atoms with Gasteiger partial charge >= 0.3 is 6.03 Å². The van der Waals surface area contributed by atoms with Crippen LogP contribution in [-0.4, -0.2) is 25.3 Å². The molecule has 4 nitrogen and oxygen atoms in total. The van der Waals surface area contributed by atoms with Crippen LogP contribution in [0.25, 0.3) is 0 Å². The smallest absolute Gasteiger partial charge is 0.319 e. The van der Waals surface area contributed by atoms with Gasteiger partial charge in [0.25, 0.3) is 0 Å². The van der Waals surface area contributed by atoms with Crippen LogP contribution >= 0.6 is 11.6 Å². The molecular weight excluding hydrogens is 271 g/mol. The van der Waals surface area contributed by atoms with Crippen molar-refractivity contribution in [3.63, 3.8) is 0 Å². The van der Waals surface area contributed by atoms with Crippen LogP contribution in [0, 0.1) is 5.82 Å². The van der Waals surface area contributed by atoms with Gasteiger partial charge in [-0.25, -0.2) is 9.18 Å². The van der Waals surface area contributed by atoms with Gasteiger partial charge in [0.2, 0.25) is 0 Å². The first-order chi connectivity index (χ1) is 8.99. The summed E-state index contributed by atoms with van der Waals surface area (Å²) in [6.45, 7) is 5.02. The Bertz CT molecular complexity index is 427. The molecule has 6 heteroatoms. The summed E-state index contributed by atoms with van der Waals surface area (Å²) in [5, 5.41) is 5.21. The van der Waals surface area contributed by atoms with Crippen molar-refractivity contribution in [2.24, 2.45) is 0 Å². The number of carbonyl (C=O) groups excluding carboxylic acids is 1. The van der Waals surface area contributed by atoms with Crippen LogP contribution in [0.2, 0.25) is 5.02 Å². The molecule has 0 saturated heterocycles. The zero-order valence-corrected chi connectivity index (χ0v) is 11.8. The van der Waals surface area contributed by atoms with Gasteiger partial charge in [0.15, 0.2) is 0 Å². The van der Waals surface area contributed by atoms with E-state index in [-0.39, 0.29) is 17.2 Å². The molecule has 1 aromatic rings. The number of carbonyl (C=O) groups is 1. The lowest BCUT2D eigenvalue weighted by Gasteiger charge is -2.09. The maximum Gasteiger partial charge on any atom is 0.319 e. The second kappa shape index (κ2) is 7.96. The average Bonchev–Trinajstić information content (AvgIpc) is 2.33. The first-order valence-electron chi connectivity index (χ1n) is 6.10. The molecule has 0 aliphatic heterocycles. The van der Waals surface area contributed by atoms with E-state index < -0.39 is 5.82 Å². The Morgan fingerprint density at radius 2 is 2.21 bits per heavy atom. The number of hydrogen-bond acceptors (Lipinski definition) is 2. The van der Waals surface area contributed by atoms with Gasteiger partial charge in [0.1, 0.15) is 5.82 Å². The molecule has 0 aliphatic rings. The number of amides is 2. The SMILES string of the molecule is CC(C)OCCCNC(=O)Nc1ccc(F)c(Cl)c1. The average molecular weight is 289 g/mol. The molecule has 2 N–H and O–H groups in total. The van der Waals surface area contributed by atoms with Crippen LogP contribution < -0.4 is 10.6 Å². The van der Waals surface area contributed by atoms with E-state index in [1.165, 1.54) is 18.2 Å². The van der Waals surface area contributed by atoms with Gasteiger partial charge in [0, 0.05) is 18.8 Å². The molecule has 0 aliphatic carbocycles. The van der Waals surface area contributed by atoms with Crippen molar-refractivity contribution in [3.05, 3.63) is 29.0 Å². The fourth-order valence-electron chi connectivity index (χ4n) is 1.34. The van der Waals surface area contributed by atoms with Crippen LogP contribution in [0.3, 0.4) is 0 Å². The summed E-state index contributed by atoms with van der Waals surface area (Å²) in [4.78, 5) is 11.5. The molecule has 0 heterocycles. The minimum absolute atomic E-state index is 0.0249. The minimum Gasteiger partial charge on any atom is -0.379 e. The van der Waals surface area contributed by atoms with Crippen molar-refractivity contribution in [3.8, 4) is 0 Å². The lowest BCUT2D eigenvalue weighted by Crippen LogP contribution is -2.30. The molecule has 0 radical (unpaired) electrons.